The Kier molecular flexibility index (Phi) is 4.63. The summed E-state index contributed by atoms with van der Waals surface area (Å²) in [4.78, 5) is 5.07. The summed E-state index contributed by atoms with van der Waals surface area (Å²) in [6, 6.07) is 7.55. The van der Waals surface area contributed by atoms with E-state index in [0.717, 1.165) is 23.3 Å². The highest BCUT2D eigenvalue weighted by molar-refractivity contribution is 7.84. The average molecular weight is 276 g/mol. The average Bonchev–Trinajstić information content (AvgIpc) is 2.85. The van der Waals surface area contributed by atoms with Gasteiger partial charge in [-0.15, -0.1) is 0 Å². The highest BCUT2D eigenvalue weighted by atomic mass is 32.2. The second kappa shape index (κ2) is 6.43. The maximum Gasteiger partial charge on any atom is 0.226 e. The summed E-state index contributed by atoms with van der Waals surface area (Å²) in [7, 11) is -0.940. The largest absolute Gasteiger partial charge is 0.339 e. The number of aryl methyl sites for hydroxylation is 1. The topological polar surface area (TPSA) is 56.0 Å². The van der Waals surface area contributed by atoms with E-state index in [1.54, 1.807) is 12.3 Å². The fourth-order valence-corrected chi connectivity index (χ4v) is 2.11. The minimum atomic E-state index is -0.940. The lowest BCUT2D eigenvalue weighted by Crippen LogP contribution is -1.86. The molecule has 0 aliphatic carbocycles. The Labute approximate surface area is 115 Å². The van der Waals surface area contributed by atoms with Crippen LogP contribution in [-0.4, -0.2) is 20.6 Å². The van der Waals surface area contributed by atoms with Crippen LogP contribution in [0.25, 0.3) is 12.2 Å². The van der Waals surface area contributed by atoms with E-state index >= 15 is 0 Å². The van der Waals surface area contributed by atoms with Crippen LogP contribution < -0.4 is 0 Å². The van der Waals surface area contributed by atoms with Gasteiger partial charge in [0, 0.05) is 28.4 Å². The van der Waals surface area contributed by atoms with Crippen molar-refractivity contribution < 1.29 is 8.73 Å². The summed E-state index contributed by atoms with van der Waals surface area (Å²) in [5.41, 5.74) is 1.01. The van der Waals surface area contributed by atoms with Crippen molar-refractivity contribution in [2.24, 2.45) is 0 Å². The molecule has 2 rings (SSSR count). The van der Waals surface area contributed by atoms with Crippen molar-refractivity contribution in [3.8, 4) is 0 Å². The van der Waals surface area contributed by atoms with E-state index in [0.29, 0.717) is 11.7 Å². The molecule has 1 aromatic carbocycles. The van der Waals surface area contributed by atoms with Crippen LogP contribution >= 0.6 is 0 Å². The van der Waals surface area contributed by atoms with Gasteiger partial charge < -0.3 is 4.52 Å². The van der Waals surface area contributed by atoms with E-state index in [4.69, 9.17) is 4.52 Å². The molecule has 0 aliphatic rings. The molecule has 0 spiro atoms. The Morgan fingerprint density at radius 2 is 2.00 bits per heavy atom. The summed E-state index contributed by atoms with van der Waals surface area (Å²) < 4.78 is 16.4. The van der Waals surface area contributed by atoms with Crippen molar-refractivity contribution in [3.63, 3.8) is 0 Å². The molecule has 1 heterocycles. The zero-order valence-electron chi connectivity index (χ0n) is 11.0. The second-order valence-electron chi connectivity index (χ2n) is 4.15. The third-order valence-corrected chi connectivity index (χ3v) is 3.52. The molecule has 5 heteroatoms. The maximum atomic E-state index is 11.3. The molecular weight excluding hydrogens is 260 g/mol. The molecule has 1 atom stereocenters. The molecule has 0 radical (unpaired) electrons. The lowest BCUT2D eigenvalue weighted by atomic mass is 10.2. The van der Waals surface area contributed by atoms with E-state index < -0.39 is 10.8 Å². The fraction of sp³-hybridized carbons (Fsp3) is 0.286. The van der Waals surface area contributed by atoms with Gasteiger partial charge in [-0.05, 0) is 30.2 Å². The monoisotopic (exact) mass is 276 g/mol. The van der Waals surface area contributed by atoms with Gasteiger partial charge in [-0.3, -0.25) is 4.21 Å². The van der Waals surface area contributed by atoms with E-state index in [-0.39, 0.29) is 0 Å². The van der Waals surface area contributed by atoms with E-state index in [1.807, 2.05) is 30.3 Å². The lowest BCUT2D eigenvalue weighted by molar-refractivity contribution is 0.375. The van der Waals surface area contributed by atoms with Crippen molar-refractivity contribution in [3.05, 3.63) is 41.5 Å². The Morgan fingerprint density at radius 1 is 1.26 bits per heavy atom. The van der Waals surface area contributed by atoms with Crippen molar-refractivity contribution in [2.75, 3.05) is 6.26 Å². The summed E-state index contributed by atoms with van der Waals surface area (Å²) in [5, 5.41) is 3.87. The van der Waals surface area contributed by atoms with Crippen molar-refractivity contribution in [1.29, 1.82) is 0 Å². The number of hydrogen-bond acceptors (Lipinski definition) is 4. The van der Waals surface area contributed by atoms with Gasteiger partial charge in [-0.1, -0.05) is 30.3 Å². The molecule has 0 amide bonds. The van der Waals surface area contributed by atoms with Crippen LogP contribution in [0.2, 0.25) is 0 Å². The highest BCUT2D eigenvalue weighted by Gasteiger charge is 2.01. The van der Waals surface area contributed by atoms with Gasteiger partial charge in [-0.25, -0.2) is 0 Å². The summed E-state index contributed by atoms with van der Waals surface area (Å²) in [5.74, 6) is 1.24. The van der Waals surface area contributed by atoms with Gasteiger partial charge in [0.2, 0.25) is 5.89 Å². The predicted molar refractivity (Wildman–Crippen MR) is 76.0 cm³/mol. The first-order valence-electron chi connectivity index (χ1n) is 6.13. The van der Waals surface area contributed by atoms with E-state index in [2.05, 4.69) is 17.1 Å². The molecule has 100 valence electrons. The van der Waals surface area contributed by atoms with Crippen molar-refractivity contribution in [2.45, 2.75) is 24.7 Å². The van der Waals surface area contributed by atoms with Crippen LogP contribution in [0.5, 0.6) is 0 Å². The number of hydrogen-bond donors (Lipinski definition) is 0. The molecule has 19 heavy (non-hydrogen) atoms. The molecule has 0 aliphatic heterocycles. The number of rotatable bonds is 5. The van der Waals surface area contributed by atoms with Crippen molar-refractivity contribution >= 4 is 23.0 Å². The molecule has 0 N–H and O–H groups in total. The minimum absolute atomic E-state index is 0.576. The van der Waals surface area contributed by atoms with Crippen molar-refractivity contribution in [1.82, 2.24) is 10.1 Å². The molecule has 0 saturated carbocycles. The zero-order valence-corrected chi connectivity index (χ0v) is 11.8. The van der Waals surface area contributed by atoms with Gasteiger partial charge in [0.05, 0.1) is 0 Å². The maximum absolute atomic E-state index is 11.3. The van der Waals surface area contributed by atoms with Gasteiger partial charge in [-0.2, -0.15) is 4.98 Å². The number of benzene rings is 1. The summed E-state index contributed by atoms with van der Waals surface area (Å²) >= 11 is 0. The first-order valence-corrected chi connectivity index (χ1v) is 7.69. The SMILES string of the molecule is CCCc1nc(C=Cc2ccc(S(C)=O)cc2)no1. The van der Waals surface area contributed by atoms with Crippen LogP contribution in [0.3, 0.4) is 0 Å². The van der Waals surface area contributed by atoms with E-state index in [1.165, 1.54) is 0 Å². The first kappa shape index (κ1) is 13.7. The minimum Gasteiger partial charge on any atom is -0.339 e. The van der Waals surface area contributed by atoms with Gasteiger partial charge in [0.1, 0.15) is 0 Å². The summed E-state index contributed by atoms with van der Waals surface area (Å²) in [6.45, 7) is 2.07. The Balaban J connectivity index is 2.06. The second-order valence-corrected chi connectivity index (χ2v) is 5.53. The fourth-order valence-electron chi connectivity index (χ4n) is 1.59. The molecule has 1 aromatic heterocycles. The highest BCUT2D eigenvalue weighted by Crippen LogP contribution is 2.10. The Morgan fingerprint density at radius 3 is 2.63 bits per heavy atom. The van der Waals surface area contributed by atoms with Crippen LogP contribution in [0, 0.1) is 0 Å². The number of nitrogens with zero attached hydrogens (tertiary/aromatic N) is 2. The predicted octanol–water partition coefficient (Wildman–Crippen LogP) is 2.93. The summed E-state index contributed by atoms with van der Waals surface area (Å²) in [6.07, 6.45) is 7.17. The lowest BCUT2D eigenvalue weighted by Gasteiger charge is -1.96. The van der Waals surface area contributed by atoms with Gasteiger partial charge in [0.25, 0.3) is 0 Å². The standard InChI is InChI=1S/C14H16N2O2S/c1-3-4-14-15-13(16-18-14)10-7-11-5-8-12(9-6-11)19(2)17/h5-10H,3-4H2,1-2H3. The molecule has 1 unspecified atom stereocenters. The normalized spacial score (nSPS) is 12.9. The van der Waals surface area contributed by atoms with Crippen LogP contribution in [-0.2, 0) is 17.2 Å². The third-order valence-electron chi connectivity index (χ3n) is 2.58. The molecule has 0 fully saturated rings. The molecule has 0 saturated heterocycles. The van der Waals surface area contributed by atoms with E-state index in [9.17, 15) is 4.21 Å². The first-order chi connectivity index (χ1) is 9.19. The smallest absolute Gasteiger partial charge is 0.226 e. The molecule has 2 aromatic rings. The molecular formula is C14H16N2O2S. The van der Waals surface area contributed by atoms with Crippen LogP contribution in [0.4, 0.5) is 0 Å². The Bertz CT molecular complexity index is 588. The van der Waals surface area contributed by atoms with Gasteiger partial charge >= 0.3 is 0 Å². The van der Waals surface area contributed by atoms with Crippen LogP contribution in [0.15, 0.2) is 33.7 Å². The molecule has 4 nitrogen and oxygen atoms in total. The quantitative estimate of drug-likeness (QED) is 0.842. The third kappa shape index (κ3) is 3.86. The molecule has 0 bridgehead atoms. The zero-order chi connectivity index (χ0) is 13.7. The van der Waals surface area contributed by atoms with Crippen LogP contribution in [0.1, 0.15) is 30.6 Å². The van der Waals surface area contributed by atoms with Gasteiger partial charge in [0.15, 0.2) is 5.82 Å². The Hall–Kier alpha value is -1.75. The number of aromatic nitrogens is 2.